The molecule has 2 heterocycles. The summed E-state index contributed by atoms with van der Waals surface area (Å²) < 4.78 is 64.9. The molecule has 1 saturated heterocycles. The molecule has 0 saturated carbocycles. The molecule has 1 aromatic heterocycles. The fourth-order valence-corrected chi connectivity index (χ4v) is 5.47. The third-order valence-electron chi connectivity index (χ3n) is 3.23. The van der Waals surface area contributed by atoms with Crippen LogP contribution in [-0.4, -0.2) is 59.2 Å². The molecule has 1 fully saturated rings. The van der Waals surface area contributed by atoms with Crippen molar-refractivity contribution in [2.75, 3.05) is 6.61 Å². The van der Waals surface area contributed by atoms with Gasteiger partial charge in [0.25, 0.3) is 5.56 Å². The van der Waals surface area contributed by atoms with E-state index in [9.17, 15) is 32.9 Å². The van der Waals surface area contributed by atoms with Gasteiger partial charge in [0.05, 0.1) is 6.61 Å². The van der Waals surface area contributed by atoms with Gasteiger partial charge in [0.2, 0.25) is 0 Å². The number of aromatic amines is 1. The Morgan fingerprint density at radius 1 is 1.21 bits per heavy atom. The lowest BCUT2D eigenvalue weighted by Gasteiger charge is -2.19. The summed E-state index contributed by atoms with van der Waals surface area (Å²) in [5.74, 6) is 0. The fraction of sp³-hybridized carbons (Fsp3) is 0.556. The van der Waals surface area contributed by atoms with Gasteiger partial charge in [0, 0.05) is 12.3 Å². The molecule has 2 rings (SSSR count). The van der Waals surface area contributed by atoms with Crippen molar-refractivity contribution in [3.05, 3.63) is 27.4 Å². The Labute approximate surface area is 165 Å². The zero-order chi connectivity index (χ0) is 22.2. The van der Waals surface area contributed by atoms with Crippen LogP contribution in [0.25, 0.3) is 0 Å². The lowest BCUT2D eigenvalue weighted by molar-refractivity contribution is -0.0521. The van der Waals surface area contributed by atoms with Crippen LogP contribution in [0.2, 0.25) is 0 Å². The Morgan fingerprint density at radius 2 is 1.83 bits per heavy atom. The normalized spacial score (nSPS) is 29.3. The molecule has 0 aliphatic carbocycles. The van der Waals surface area contributed by atoms with Crippen molar-refractivity contribution in [2.24, 2.45) is 0 Å². The van der Waals surface area contributed by atoms with Gasteiger partial charge in [-0.15, -0.1) is 0 Å². The maximum Gasteiger partial charge on any atom is 0.490 e. The smallest absolute Gasteiger partial charge is 0.385 e. The summed E-state index contributed by atoms with van der Waals surface area (Å²) in [6, 6.07) is 1.01. The van der Waals surface area contributed by atoms with E-state index < -0.39 is 60.2 Å². The molecule has 6 N–H and O–H groups in total. The van der Waals surface area contributed by atoms with Gasteiger partial charge in [-0.05, 0) is 12.2 Å². The molecule has 15 nitrogen and oxygen atoms in total. The quantitative estimate of drug-likeness (QED) is 0.201. The van der Waals surface area contributed by atoms with Gasteiger partial charge in [-0.3, -0.25) is 18.9 Å². The first kappa shape index (κ1) is 24.6. The van der Waals surface area contributed by atoms with Crippen molar-refractivity contribution in [1.82, 2.24) is 9.55 Å². The third-order valence-corrected chi connectivity index (χ3v) is 7.35. The lowest BCUT2D eigenvalue weighted by atomic mass is 10.1. The summed E-state index contributed by atoms with van der Waals surface area (Å²) in [6.07, 6.45) is -6.09. The van der Waals surface area contributed by atoms with Crippen molar-refractivity contribution >= 4 is 35.7 Å². The SMILES string of the molecule is O=c1ccn([C@@H]2O[C@H](COP(=O)(O)OP(=O)(O)OP(=O)(O)O)C(F)[C@@H]2O)c(=S)[nH]1. The largest absolute Gasteiger partial charge is 0.490 e. The van der Waals surface area contributed by atoms with Crippen LogP contribution in [0.15, 0.2) is 17.1 Å². The number of nitrogens with one attached hydrogen (secondary N) is 1. The fourth-order valence-electron chi connectivity index (χ4n) is 2.17. The topological polar surface area (TPSA) is 227 Å². The summed E-state index contributed by atoms with van der Waals surface area (Å²) in [4.78, 5) is 48.6. The van der Waals surface area contributed by atoms with Crippen molar-refractivity contribution < 1.29 is 60.6 Å². The standard InChI is InChI=1S/C9H14FN2O13P3S/c10-6-4(3-22-27(18,19)25-28(20,21)24-26(15,16)17)23-8(7(6)14)12-2-1-5(13)11-9(12)29/h1-2,4,6-8,14H,3H2,(H,18,19)(H,20,21)(H,11,13,29)(H2,15,16,17)/t4-,6?,7+,8-/m1/s1. The van der Waals surface area contributed by atoms with Crippen molar-refractivity contribution in [1.29, 1.82) is 0 Å². The van der Waals surface area contributed by atoms with E-state index >= 15 is 0 Å². The van der Waals surface area contributed by atoms with Gasteiger partial charge >= 0.3 is 23.5 Å². The molecule has 1 aliphatic rings. The monoisotopic (exact) mass is 502 g/mol. The zero-order valence-electron chi connectivity index (χ0n) is 13.7. The minimum absolute atomic E-state index is 0.220. The maximum atomic E-state index is 14.2. The summed E-state index contributed by atoms with van der Waals surface area (Å²) in [6.45, 7) is -1.10. The lowest BCUT2D eigenvalue weighted by Crippen LogP contribution is -2.30. The van der Waals surface area contributed by atoms with Crippen LogP contribution in [0.3, 0.4) is 0 Å². The predicted octanol–water partition coefficient (Wildman–Crippen LogP) is -0.154. The van der Waals surface area contributed by atoms with E-state index in [0.717, 1.165) is 16.8 Å². The number of hydrogen-bond donors (Lipinski definition) is 6. The van der Waals surface area contributed by atoms with Gasteiger partial charge in [-0.2, -0.15) is 8.62 Å². The molecular weight excluding hydrogens is 488 g/mol. The van der Waals surface area contributed by atoms with Crippen LogP contribution in [0, 0.1) is 4.77 Å². The number of hydrogen-bond acceptors (Lipinski definition) is 10. The first-order valence-electron chi connectivity index (χ1n) is 7.18. The number of alkyl halides is 1. The van der Waals surface area contributed by atoms with Gasteiger partial charge in [-0.1, -0.05) is 0 Å². The summed E-state index contributed by atoms with van der Waals surface area (Å²) in [5.41, 5.74) is -0.570. The highest BCUT2D eigenvalue weighted by molar-refractivity contribution is 7.71. The highest BCUT2D eigenvalue weighted by Gasteiger charge is 2.47. The minimum atomic E-state index is -5.73. The van der Waals surface area contributed by atoms with Gasteiger partial charge < -0.3 is 29.4 Å². The van der Waals surface area contributed by atoms with E-state index in [1.807, 2.05) is 0 Å². The maximum absolute atomic E-state index is 14.2. The van der Waals surface area contributed by atoms with Crippen LogP contribution in [0.4, 0.5) is 4.39 Å². The number of phosphoric acid groups is 3. The molecule has 166 valence electrons. The molecule has 20 heteroatoms. The number of aromatic nitrogens is 2. The Morgan fingerprint density at radius 3 is 2.38 bits per heavy atom. The Balaban J connectivity index is 2.06. The number of rotatable bonds is 8. The van der Waals surface area contributed by atoms with Crippen molar-refractivity contribution in [2.45, 2.75) is 24.6 Å². The molecule has 1 aromatic rings. The van der Waals surface area contributed by atoms with Gasteiger partial charge in [-0.25, -0.2) is 18.1 Å². The molecule has 6 atom stereocenters. The van der Waals surface area contributed by atoms with Crippen LogP contribution in [0.5, 0.6) is 0 Å². The van der Waals surface area contributed by atoms with Crippen molar-refractivity contribution in [3.63, 3.8) is 0 Å². The second-order valence-electron chi connectivity index (χ2n) is 5.40. The van der Waals surface area contributed by atoms with Crippen LogP contribution in [0.1, 0.15) is 6.23 Å². The highest BCUT2D eigenvalue weighted by Crippen LogP contribution is 2.66. The van der Waals surface area contributed by atoms with E-state index in [1.165, 1.54) is 0 Å². The minimum Gasteiger partial charge on any atom is -0.385 e. The molecular formula is C9H14FN2O13P3S. The van der Waals surface area contributed by atoms with E-state index in [1.54, 1.807) is 0 Å². The average Bonchev–Trinajstić information content (AvgIpc) is 2.78. The second kappa shape index (κ2) is 8.85. The molecule has 0 radical (unpaired) electrons. The zero-order valence-corrected chi connectivity index (χ0v) is 17.2. The molecule has 29 heavy (non-hydrogen) atoms. The van der Waals surface area contributed by atoms with E-state index in [0.29, 0.717) is 0 Å². The number of aliphatic hydroxyl groups is 1. The van der Waals surface area contributed by atoms with Crippen LogP contribution >= 0.6 is 35.7 Å². The number of nitrogens with zero attached hydrogens (tertiary/aromatic N) is 1. The molecule has 3 unspecified atom stereocenters. The van der Waals surface area contributed by atoms with E-state index in [4.69, 9.17) is 31.6 Å². The van der Waals surface area contributed by atoms with Gasteiger partial charge in [0.15, 0.2) is 17.2 Å². The van der Waals surface area contributed by atoms with E-state index in [-0.39, 0.29) is 4.77 Å². The number of phosphoric ester groups is 1. The molecule has 0 amide bonds. The first-order valence-corrected chi connectivity index (χ1v) is 12.1. The number of aliphatic hydroxyl groups excluding tert-OH is 1. The molecule has 0 spiro atoms. The Hall–Kier alpha value is -0.640. The predicted molar refractivity (Wildman–Crippen MR) is 90.5 cm³/mol. The highest BCUT2D eigenvalue weighted by atomic mass is 32.1. The summed E-state index contributed by atoms with van der Waals surface area (Å²) >= 11 is 4.85. The number of H-pyrrole nitrogens is 1. The van der Waals surface area contributed by atoms with E-state index in [2.05, 4.69) is 18.1 Å². The van der Waals surface area contributed by atoms with Crippen LogP contribution in [-0.2, 0) is 31.6 Å². The summed E-state index contributed by atoms with van der Waals surface area (Å²) in [7, 11) is -16.8. The molecule has 0 aromatic carbocycles. The summed E-state index contributed by atoms with van der Waals surface area (Å²) in [5, 5.41) is 9.95. The average molecular weight is 502 g/mol. The first-order chi connectivity index (χ1) is 13.1. The second-order valence-corrected chi connectivity index (χ2v) is 10.2. The number of halogens is 1. The van der Waals surface area contributed by atoms with Crippen molar-refractivity contribution in [3.8, 4) is 0 Å². The molecule has 0 bridgehead atoms. The van der Waals surface area contributed by atoms with Crippen LogP contribution < -0.4 is 5.56 Å². The van der Waals surface area contributed by atoms with Gasteiger partial charge in [0.1, 0.15) is 12.2 Å². The number of ether oxygens (including phenoxy) is 1. The molecule has 1 aliphatic heterocycles. The Kier molecular flexibility index (Phi) is 7.51. The third kappa shape index (κ3) is 6.94. The Bertz CT molecular complexity index is 1010.